The molecular formula is C19H37O7P. The van der Waals surface area contributed by atoms with Crippen LogP contribution in [0.15, 0.2) is 12.2 Å². The maximum absolute atomic E-state index is 11.6. The molecule has 0 saturated heterocycles. The number of ether oxygens (including phenoxy) is 1. The zero-order valence-electron chi connectivity index (χ0n) is 16.8. The molecule has 2 atom stereocenters. The van der Waals surface area contributed by atoms with Crippen LogP contribution in [0.3, 0.4) is 0 Å². The number of hydrogen-bond acceptors (Lipinski definition) is 6. The van der Waals surface area contributed by atoms with E-state index >= 15 is 0 Å². The molecule has 0 bridgehead atoms. The molecule has 160 valence electrons. The van der Waals surface area contributed by atoms with Crippen LogP contribution in [-0.2, 0) is 23.1 Å². The number of phosphoric acid groups is 1. The summed E-state index contributed by atoms with van der Waals surface area (Å²) in [6.45, 7) is 3.28. The average molecular weight is 408 g/mol. The molecule has 0 aromatic heterocycles. The van der Waals surface area contributed by atoms with Crippen molar-refractivity contribution in [2.75, 3.05) is 19.8 Å². The molecule has 0 aliphatic heterocycles. The molecule has 1 unspecified atom stereocenters. The van der Waals surface area contributed by atoms with E-state index in [1.165, 1.54) is 32.6 Å². The van der Waals surface area contributed by atoms with Gasteiger partial charge in [0.05, 0.1) is 25.9 Å². The van der Waals surface area contributed by atoms with Crippen molar-refractivity contribution in [1.29, 1.82) is 0 Å². The number of hydrogen-bond donors (Lipinski definition) is 2. The number of rotatable bonds is 18. The average Bonchev–Trinajstić information content (AvgIpc) is 2.61. The summed E-state index contributed by atoms with van der Waals surface area (Å²) in [5.74, 6) is -0.251. The van der Waals surface area contributed by atoms with Crippen LogP contribution in [0.5, 0.6) is 0 Å². The fraction of sp³-hybridized carbons (Fsp3) is 0.842. The van der Waals surface area contributed by atoms with Gasteiger partial charge in [0.1, 0.15) is 0 Å². The van der Waals surface area contributed by atoms with Gasteiger partial charge in [0.15, 0.2) is 0 Å². The van der Waals surface area contributed by atoms with Crippen LogP contribution < -0.4 is 0 Å². The number of phosphoric ester groups is 1. The Hall–Kier alpha value is -0.720. The third-order valence-electron chi connectivity index (χ3n) is 3.77. The highest BCUT2D eigenvalue weighted by atomic mass is 31.2. The molecule has 0 radical (unpaired) electrons. The van der Waals surface area contributed by atoms with Crippen molar-refractivity contribution in [3.05, 3.63) is 12.2 Å². The van der Waals surface area contributed by atoms with Crippen molar-refractivity contribution in [2.45, 2.75) is 84.2 Å². The van der Waals surface area contributed by atoms with Crippen LogP contribution >= 0.6 is 7.82 Å². The minimum Gasteiger partial charge on any atom is -0.466 e. The molecule has 8 heteroatoms. The zero-order chi connectivity index (χ0) is 20.4. The molecule has 0 aliphatic carbocycles. The van der Waals surface area contributed by atoms with E-state index < -0.39 is 13.9 Å². The number of unbranched alkanes of at least 4 members (excludes halogenated alkanes) is 7. The van der Waals surface area contributed by atoms with Crippen molar-refractivity contribution in [3.8, 4) is 0 Å². The SMILES string of the molecule is C/C=C/CCCCCCCCCC(=O)OCCCOP(=O)(O)OC[C@H](C)O. The quantitative estimate of drug-likeness (QED) is 0.149. The molecule has 0 saturated carbocycles. The monoisotopic (exact) mass is 408 g/mol. The molecule has 27 heavy (non-hydrogen) atoms. The van der Waals surface area contributed by atoms with Gasteiger partial charge in [0.25, 0.3) is 0 Å². The second kappa shape index (κ2) is 17.4. The summed E-state index contributed by atoms with van der Waals surface area (Å²) in [5, 5.41) is 8.98. The Bertz CT molecular complexity index is 438. The van der Waals surface area contributed by atoms with E-state index in [-0.39, 0.29) is 25.8 Å². The van der Waals surface area contributed by atoms with Crippen LogP contribution in [0.25, 0.3) is 0 Å². The summed E-state index contributed by atoms with van der Waals surface area (Å²) >= 11 is 0. The fourth-order valence-electron chi connectivity index (χ4n) is 2.32. The van der Waals surface area contributed by atoms with Gasteiger partial charge in [-0.2, -0.15) is 0 Å². The number of aliphatic hydroxyl groups excluding tert-OH is 1. The molecule has 0 spiro atoms. The zero-order valence-corrected chi connectivity index (χ0v) is 17.7. The van der Waals surface area contributed by atoms with Crippen LogP contribution in [0.4, 0.5) is 0 Å². The van der Waals surface area contributed by atoms with E-state index in [0.29, 0.717) is 12.8 Å². The topological polar surface area (TPSA) is 102 Å². The summed E-state index contributed by atoms with van der Waals surface area (Å²) in [7, 11) is -4.15. The lowest BCUT2D eigenvalue weighted by atomic mass is 10.1. The Kier molecular flexibility index (Phi) is 16.9. The lowest BCUT2D eigenvalue weighted by molar-refractivity contribution is -0.144. The van der Waals surface area contributed by atoms with Crippen molar-refractivity contribution in [2.24, 2.45) is 0 Å². The Morgan fingerprint density at radius 3 is 2.26 bits per heavy atom. The van der Waals surface area contributed by atoms with Crippen LogP contribution in [0, 0.1) is 0 Å². The van der Waals surface area contributed by atoms with E-state index in [0.717, 1.165) is 25.7 Å². The molecule has 0 amide bonds. The fourth-order valence-corrected chi connectivity index (χ4v) is 3.16. The van der Waals surface area contributed by atoms with Gasteiger partial charge in [-0.15, -0.1) is 0 Å². The number of allylic oxidation sites excluding steroid dienone is 2. The molecule has 0 heterocycles. The molecule has 0 aliphatic rings. The number of aliphatic hydroxyl groups is 1. The van der Waals surface area contributed by atoms with Gasteiger partial charge in [-0.3, -0.25) is 13.8 Å². The Balaban J connectivity index is 3.43. The summed E-state index contributed by atoms with van der Waals surface area (Å²) in [5.41, 5.74) is 0. The highest BCUT2D eigenvalue weighted by Gasteiger charge is 2.21. The molecule has 2 N–H and O–H groups in total. The number of carbonyl (C=O) groups is 1. The third-order valence-corrected chi connectivity index (χ3v) is 4.76. The van der Waals surface area contributed by atoms with Crippen LogP contribution in [0.1, 0.15) is 78.1 Å². The first-order valence-electron chi connectivity index (χ1n) is 9.94. The Morgan fingerprint density at radius 1 is 1.00 bits per heavy atom. The highest BCUT2D eigenvalue weighted by molar-refractivity contribution is 7.47. The standard InChI is InChI=1S/C19H37O7P/c1-3-4-5-6-7-8-9-10-11-12-14-19(21)24-15-13-16-25-27(22,23)26-17-18(2)20/h3-4,18,20H,5-17H2,1-2H3,(H,22,23)/b4-3+/t18-/m0/s1. The molecule has 0 aromatic rings. The van der Waals surface area contributed by atoms with Crippen LogP contribution in [0.2, 0.25) is 0 Å². The van der Waals surface area contributed by atoms with E-state index in [9.17, 15) is 14.3 Å². The minimum absolute atomic E-state index is 0.0606. The normalized spacial score (nSPS) is 15.0. The molecule has 0 rings (SSSR count). The van der Waals surface area contributed by atoms with Gasteiger partial charge in [0, 0.05) is 12.8 Å². The Morgan fingerprint density at radius 2 is 1.63 bits per heavy atom. The lowest BCUT2D eigenvalue weighted by Gasteiger charge is -2.13. The predicted molar refractivity (Wildman–Crippen MR) is 105 cm³/mol. The van der Waals surface area contributed by atoms with Crippen molar-refractivity contribution in [3.63, 3.8) is 0 Å². The summed E-state index contributed by atoms with van der Waals surface area (Å²) < 4.78 is 25.8. The smallest absolute Gasteiger partial charge is 0.466 e. The van der Waals surface area contributed by atoms with Crippen LogP contribution in [-0.4, -0.2) is 41.9 Å². The summed E-state index contributed by atoms with van der Waals surface area (Å²) in [4.78, 5) is 20.9. The lowest BCUT2D eigenvalue weighted by Crippen LogP contribution is -2.11. The van der Waals surface area contributed by atoms with Gasteiger partial charge in [-0.05, 0) is 33.1 Å². The van der Waals surface area contributed by atoms with Crippen molar-refractivity contribution in [1.82, 2.24) is 0 Å². The second-order valence-corrected chi connectivity index (χ2v) is 8.06. The minimum atomic E-state index is -4.15. The predicted octanol–water partition coefficient (Wildman–Crippen LogP) is 4.52. The first-order valence-corrected chi connectivity index (χ1v) is 11.4. The second-order valence-electron chi connectivity index (χ2n) is 6.60. The van der Waals surface area contributed by atoms with E-state index in [1.54, 1.807) is 0 Å². The van der Waals surface area contributed by atoms with Gasteiger partial charge in [0.2, 0.25) is 0 Å². The van der Waals surface area contributed by atoms with Crippen molar-refractivity contribution >= 4 is 13.8 Å². The van der Waals surface area contributed by atoms with E-state index in [1.807, 2.05) is 6.92 Å². The summed E-state index contributed by atoms with van der Waals surface area (Å²) in [6, 6.07) is 0. The number of esters is 1. The maximum Gasteiger partial charge on any atom is 0.472 e. The Labute approximate surface area is 163 Å². The molecule has 7 nitrogen and oxygen atoms in total. The maximum atomic E-state index is 11.6. The third kappa shape index (κ3) is 19.8. The van der Waals surface area contributed by atoms with Gasteiger partial charge in [-0.1, -0.05) is 44.3 Å². The van der Waals surface area contributed by atoms with Gasteiger partial charge in [-0.25, -0.2) is 4.57 Å². The molecule has 0 fully saturated rings. The largest absolute Gasteiger partial charge is 0.472 e. The van der Waals surface area contributed by atoms with Gasteiger partial charge < -0.3 is 14.7 Å². The highest BCUT2D eigenvalue weighted by Crippen LogP contribution is 2.43. The first-order chi connectivity index (χ1) is 12.9. The van der Waals surface area contributed by atoms with E-state index in [4.69, 9.17) is 14.4 Å². The molecular weight excluding hydrogens is 371 g/mol. The molecule has 0 aromatic carbocycles. The summed E-state index contributed by atoms with van der Waals surface area (Å²) in [6.07, 6.45) is 13.3. The van der Waals surface area contributed by atoms with Crippen molar-refractivity contribution < 1.29 is 33.1 Å². The van der Waals surface area contributed by atoms with E-state index in [2.05, 4.69) is 16.7 Å². The first kappa shape index (κ1) is 26.3. The van der Waals surface area contributed by atoms with Gasteiger partial charge >= 0.3 is 13.8 Å². The number of carbonyl (C=O) groups excluding carboxylic acids is 1.